The average molecular weight is 384 g/mol. The number of fused-ring (bicyclic) bond motifs is 3. The second kappa shape index (κ2) is 7.16. The Labute approximate surface area is 163 Å². The van der Waals surface area contributed by atoms with Crippen LogP contribution in [0.4, 0.5) is 0 Å². The summed E-state index contributed by atoms with van der Waals surface area (Å²) < 4.78 is 0. The fourth-order valence-corrected chi connectivity index (χ4v) is 3.26. The zero-order valence-corrected chi connectivity index (χ0v) is 15.5. The highest BCUT2D eigenvalue weighted by Gasteiger charge is 2.05. The molecule has 0 aliphatic carbocycles. The minimum atomic E-state index is -0.890. The molecule has 1 heterocycles. The van der Waals surface area contributed by atoms with Crippen LogP contribution in [-0.4, -0.2) is 9.97 Å². The highest BCUT2D eigenvalue weighted by atomic mass is 16.2. The minimum absolute atomic E-state index is 0.0661. The van der Waals surface area contributed by atoms with E-state index in [1.807, 2.05) is 6.92 Å². The van der Waals surface area contributed by atoms with Crippen molar-refractivity contribution in [2.75, 3.05) is 0 Å². The van der Waals surface area contributed by atoms with Gasteiger partial charge in [0, 0.05) is 10.8 Å². The molecule has 4 aromatic rings. The topological polar surface area (TPSA) is 99.9 Å². The molecule has 0 amide bonds. The van der Waals surface area contributed by atoms with E-state index in [9.17, 15) is 19.2 Å². The van der Waals surface area contributed by atoms with E-state index >= 15 is 0 Å². The molecule has 0 fully saturated rings. The molecule has 6 nitrogen and oxygen atoms in total. The third-order valence-corrected chi connectivity index (χ3v) is 4.71. The molecule has 0 spiro atoms. The molecule has 0 aliphatic heterocycles. The van der Waals surface area contributed by atoms with Crippen molar-refractivity contribution in [3.05, 3.63) is 113 Å². The van der Waals surface area contributed by atoms with Gasteiger partial charge in [-0.3, -0.25) is 19.2 Å². The molecule has 29 heavy (non-hydrogen) atoms. The number of aromatic amines is 2. The summed E-state index contributed by atoms with van der Waals surface area (Å²) in [5, 5.41) is 0.659. The molecular formula is C23H16N2O4. The molecular weight excluding hydrogens is 368 g/mol. The normalized spacial score (nSPS) is 10.8. The number of H-pyrrole nitrogens is 2. The lowest BCUT2D eigenvalue weighted by Crippen LogP contribution is -2.25. The van der Waals surface area contributed by atoms with E-state index < -0.39 is 22.0 Å². The lowest BCUT2D eigenvalue weighted by Gasteiger charge is -1.98. The van der Waals surface area contributed by atoms with Crippen molar-refractivity contribution in [1.29, 1.82) is 0 Å². The van der Waals surface area contributed by atoms with Gasteiger partial charge in [0.15, 0.2) is 5.43 Å². The van der Waals surface area contributed by atoms with Crippen LogP contribution in [0.15, 0.2) is 85.9 Å². The maximum atomic E-state index is 13.3. The Morgan fingerprint density at radius 3 is 1.90 bits per heavy atom. The van der Waals surface area contributed by atoms with Gasteiger partial charge in [-0.1, -0.05) is 42.0 Å². The van der Waals surface area contributed by atoms with E-state index in [-0.39, 0.29) is 32.6 Å². The van der Waals surface area contributed by atoms with E-state index in [2.05, 4.69) is 9.97 Å². The van der Waals surface area contributed by atoms with E-state index in [1.165, 1.54) is 12.1 Å². The van der Waals surface area contributed by atoms with Gasteiger partial charge in [-0.2, -0.15) is 0 Å². The SMILES string of the molecule is Cc1ccc2[nH]c(=O)c(=O)c3ccccc3[nH]c(=O)c3ccccc3c(=O)c2c1. The predicted octanol–water partition coefficient (Wildman–Crippen LogP) is 2.68. The molecule has 0 atom stereocenters. The first kappa shape index (κ1) is 18.3. The quantitative estimate of drug-likeness (QED) is 0.455. The highest BCUT2D eigenvalue weighted by Crippen LogP contribution is 2.10. The molecule has 0 radical (unpaired) electrons. The molecule has 2 N–H and O–H groups in total. The zero-order valence-electron chi connectivity index (χ0n) is 15.5. The molecule has 0 saturated heterocycles. The first-order chi connectivity index (χ1) is 14.0. The van der Waals surface area contributed by atoms with Crippen molar-refractivity contribution >= 4 is 32.6 Å². The Balaban J connectivity index is 2.47. The molecule has 3 aromatic carbocycles. The molecule has 0 unspecified atom stereocenters. The summed E-state index contributed by atoms with van der Waals surface area (Å²) in [4.78, 5) is 56.7. The van der Waals surface area contributed by atoms with Crippen LogP contribution < -0.4 is 22.0 Å². The lowest BCUT2D eigenvalue weighted by molar-refractivity contribution is 1.28. The number of rotatable bonds is 0. The maximum absolute atomic E-state index is 13.3. The number of hydrogen-bond donors (Lipinski definition) is 2. The van der Waals surface area contributed by atoms with E-state index in [1.54, 1.807) is 54.6 Å². The van der Waals surface area contributed by atoms with Crippen molar-refractivity contribution in [2.45, 2.75) is 6.92 Å². The number of hydrogen-bond acceptors (Lipinski definition) is 4. The Hall–Kier alpha value is -4.06. The van der Waals surface area contributed by atoms with Crippen LogP contribution in [0.1, 0.15) is 5.56 Å². The summed E-state index contributed by atoms with van der Waals surface area (Å²) in [6, 6.07) is 17.6. The minimum Gasteiger partial charge on any atom is -0.321 e. The van der Waals surface area contributed by atoms with Gasteiger partial charge in [0.2, 0.25) is 0 Å². The Kier molecular flexibility index (Phi) is 4.52. The van der Waals surface area contributed by atoms with Crippen LogP contribution in [0.25, 0.3) is 32.6 Å². The molecule has 0 saturated carbocycles. The first-order valence-corrected chi connectivity index (χ1v) is 8.96. The van der Waals surface area contributed by atoms with Gasteiger partial charge in [0.1, 0.15) is 0 Å². The Bertz CT molecular complexity index is 1600. The van der Waals surface area contributed by atoms with Gasteiger partial charge < -0.3 is 9.97 Å². The summed E-state index contributed by atoms with van der Waals surface area (Å²) in [5.41, 5.74) is -1.44. The summed E-state index contributed by atoms with van der Waals surface area (Å²) in [5.74, 6) is 0. The van der Waals surface area contributed by atoms with Gasteiger partial charge in [0.05, 0.1) is 21.8 Å². The third kappa shape index (κ3) is 3.32. The maximum Gasteiger partial charge on any atom is 0.296 e. The van der Waals surface area contributed by atoms with Crippen molar-refractivity contribution < 1.29 is 0 Å². The van der Waals surface area contributed by atoms with Crippen molar-refractivity contribution in [2.24, 2.45) is 0 Å². The Morgan fingerprint density at radius 1 is 0.552 bits per heavy atom. The number of aryl methyl sites for hydroxylation is 1. The molecule has 6 heteroatoms. The van der Waals surface area contributed by atoms with Crippen LogP contribution in [-0.2, 0) is 0 Å². The number of nitrogens with one attached hydrogen (secondary N) is 2. The van der Waals surface area contributed by atoms with Gasteiger partial charge in [-0.15, -0.1) is 0 Å². The van der Waals surface area contributed by atoms with Crippen LogP contribution in [0.3, 0.4) is 0 Å². The summed E-state index contributed by atoms with van der Waals surface area (Å²) >= 11 is 0. The lowest BCUT2D eigenvalue weighted by atomic mass is 10.1. The van der Waals surface area contributed by atoms with E-state index in [4.69, 9.17) is 0 Å². The van der Waals surface area contributed by atoms with Crippen molar-refractivity contribution in [3.8, 4) is 0 Å². The van der Waals surface area contributed by atoms with Crippen LogP contribution in [0.2, 0.25) is 0 Å². The molecule has 0 aliphatic rings. The highest BCUT2D eigenvalue weighted by molar-refractivity contribution is 5.89. The summed E-state index contributed by atoms with van der Waals surface area (Å²) in [6.07, 6.45) is 0. The molecule has 4 rings (SSSR count). The molecule has 1 aromatic heterocycles. The molecule has 0 bridgehead atoms. The van der Waals surface area contributed by atoms with Crippen LogP contribution in [0.5, 0.6) is 0 Å². The number of aromatic nitrogens is 2. The van der Waals surface area contributed by atoms with Gasteiger partial charge in [-0.05, 0) is 37.3 Å². The predicted molar refractivity (Wildman–Crippen MR) is 115 cm³/mol. The van der Waals surface area contributed by atoms with Crippen LogP contribution >= 0.6 is 0 Å². The smallest absolute Gasteiger partial charge is 0.296 e. The monoisotopic (exact) mass is 384 g/mol. The first-order valence-electron chi connectivity index (χ1n) is 8.96. The fraction of sp³-hybridized carbons (Fsp3) is 0.0435. The van der Waals surface area contributed by atoms with Gasteiger partial charge in [0.25, 0.3) is 16.5 Å². The van der Waals surface area contributed by atoms with Gasteiger partial charge in [-0.25, -0.2) is 0 Å². The third-order valence-electron chi connectivity index (χ3n) is 4.71. The molecule has 142 valence electrons. The van der Waals surface area contributed by atoms with E-state index in [0.717, 1.165) is 5.56 Å². The second-order valence-corrected chi connectivity index (χ2v) is 6.71. The van der Waals surface area contributed by atoms with E-state index in [0.29, 0.717) is 0 Å². The summed E-state index contributed by atoms with van der Waals surface area (Å²) in [7, 11) is 0. The standard InChI is InChI=1S/C23H16N2O4/c1-13-10-11-19-17(12-13)20(26)14-6-2-3-7-15(14)22(28)24-18-9-5-4-8-16(18)21(27)23(29)25-19/h2-12H,1H3,(H,24,28)(H,25,29). The number of benzene rings is 3. The van der Waals surface area contributed by atoms with Crippen molar-refractivity contribution in [3.63, 3.8) is 0 Å². The number of para-hydroxylation sites is 1. The zero-order chi connectivity index (χ0) is 20.5. The largest absolute Gasteiger partial charge is 0.321 e. The van der Waals surface area contributed by atoms with Crippen LogP contribution in [0, 0.1) is 6.92 Å². The second-order valence-electron chi connectivity index (χ2n) is 6.71. The average Bonchev–Trinajstić information content (AvgIpc) is 2.73. The van der Waals surface area contributed by atoms with Gasteiger partial charge >= 0.3 is 0 Å². The van der Waals surface area contributed by atoms with Crippen molar-refractivity contribution in [1.82, 2.24) is 9.97 Å². The summed E-state index contributed by atoms with van der Waals surface area (Å²) in [6.45, 7) is 1.81. The Morgan fingerprint density at radius 2 is 1.14 bits per heavy atom. The fourth-order valence-electron chi connectivity index (χ4n) is 3.26.